The second kappa shape index (κ2) is 5.55. The number of nitrogens with zero attached hydrogens (tertiary/aromatic N) is 2. The standard InChI is InChI=1S/C11H16FN3O/c1-15(2)5-3-4-8-6-9(12)7-14-10(8)11(13)16/h6-7H,3-5H2,1-2H3,(H2,13,16). The summed E-state index contributed by atoms with van der Waals surface area (Å²) in [6, 6.07) is 1.32. The topological polar surface area (TPSA) is 59.2 Å². The highest BCUT2D eigenvalue weighted by molar-refractivity contribution is 5.92. The minimum atomic E-state index is -0.611. The molecular weight excluding hydrogens is 209 g/mol. The summed E-state index contributed by atoms with van der Waals surface area (Å²) in [5, 5.41) is 0. The molecule has 0 fully saturated rings. The van der Waals surface area contributed by atoms with Crippen LogP contribution in [-0.2, 0) is 6.42 Å². The fraction of sp³-hybridized carbons (Fsp3) is 0.455. The zero-order valence-electron chi connectivity index (χ0n) is 9.53. The van der Waals surface area contributed by atoms with Crippen LogP contribution in [0.4, 0.5) is 4.39 Å². The quantitative estimate of drug-likeness (QED) is 0.806. The first kappa shape index (κ1) is 12.6. The second-order valence-corrected chi connectivity index (χ2v) is 3.93. The van der Waals surface area contributed by atoms with E-state index in [2.05, 4.69) is 4.98 Å². The number of pyridine rings is 1. The number of rotatable bonds is 5. The van der Waals surface area contributed by atoms with E-state index in [9.17, 15) is 9.18 Å². The van der Waals surface area contributed by atoms with Crippen LogP contribution in [-0.4, -0.2) is 36.4 Å². The predicted molar refractivity (Wildman–Crippen MR) is 59.6 cm³/mol. The van der Waals surface area contributed by atoms with E-state index < -0.39 is 11.7 Å². The molecular formula is C11H16FN3O. The first-order valence-corrected chi connectivity index (χ1v) is 5.09. The van der Waals surface area contributed by atoms with E-state index in [1.807, 2.05) is 19.0 Å². The highest BCUT2D eigenvalue weighted by atomic mass is 19.1. The second-order valence-electron chi connectivity index (χ2n) is 3.93. The van der Waals surface area contributed by atoms with Gasteiger partial charge in [-0.1, -0.05) is 0 Å². The van der Waals surface area contributed by atoms with Gasteiger partial charge < -0.3 is 10.6 Å². The fourth-order valence-electron chi connectivity index (χ4n) is 1.48. The SMILES string of the molecule is CN(C)CCCc1cc(F)cnc1C(N)=O. The fourth-order valence-corrected chi connectivity index (χ4v) is 1.48. The third-order valence-corrected chi connectivity index (χ3v) is 2.22. The number of carbonyl (C=O) groups excluding carboxylic acids is 1. The van der Waals surface area contributed by atoms with Crippen molar-refractivity contribution in [2.75, 3.05) is 20.6 Å². The lowest BCUT2D eigenvalue weighted by Crippen LogP contribution is -2.18. The summed E-state index contributed by atoms with van der Waals surface area (Å²) in [6.45, 7) is 0.870. The van der Waals surface area contributed by atoms with E-state index in [0.29, 0.717) is 12.0 Å². The third-order valence-electron chi connectivity index (χ3n) is 2.22. The average molecular weight is 225 g/mol. The maximum absolute atomic E-state index is 13.0. The lowest BCUT2D eigenvalue weighted by Gasteiger charge is -2.10. The lowest BCUT2D eigenvalue weighted by atomic mass is 10.1. The number of carbonyl (C=O) groups is 1. The molecule has 88 valence electrons. The van der Waals surface area contributed by atoms with Gasteiger partial charge in [-0.05, 0) is 45.1 Å². The number of aromatic nitrogens is 1. The third kappa shape index (κ3) is 3.58. The molecule has 0 saturated carbocycles. The van der Waals surface area contributed by atoms with Crippen molar-refractivity contribution in [3.63, 3.8) is 0 Å². The van der Waals surface area contributed by atoms with Crippen LogP contribution >= 0.6 is 0 Å². The van der Waals surface area contributed by atoms with Gasteiger partial charge in [0.2, 0.25) is 0 Å². The molecule has 16 heavy (non-hydrogen) atoms. The molecule has 1 heterocycles. The maximum atomic E-state index is 13.0. The molecule has 0 aromatic carbocycles. The molecule has 1 aromatic rings. The van der Waals surface area contributed by atoms with Crippen molar-refractivity contribution in [2.24, 2.45) is 5.73 Å². The van der Waals surface area contributed by atoms with Gasteiger partial charge in [-0.25, -0.2) is 9.37 Å². The number of aryl methyl sites for hydroxylation is 1. The van der Waals surface area contributed by atoms with E-state index >= 15 is 0 Å². The van der Waals surface area contributed by atoms with Gasteiger partial charge in [0.1, 0.15) is 11.5 Å². The van der Waals surface area contributed by atoms with Gasteiger partial charge in [0.15, 0.2) is 0 Å². The molecule has 1 aromatic heterocycles. The maximum Gasteiger partial charge on any atom is 0.267 e. The first-order valence-electron chi connectivity index (χ1n) is 5.09. The van der Waals surface area contributed by atoms with Gasteiger partial charge in [0, 0.05) is 0 Å². The van der Waals surface area contributed by atoms with Crippen LogP contribution in [0.15, 0.2) is 12.3 Å². The molecule has 5 heteroatoms. The number of amides is 1. The van der Waals surface area contributed by atoms with E-state index in [1.165, 1.54) is 6.07 Å². The van der Waals surface area contributed by atoms with Crippen LogP contribution in [0.5, 0.6) is 0 Å². The monoisotopic (exact) mass is 225 g/mol. The minimum absolute atomic E-state index is 0.167. The lowest BCUT2D eigenvalue weighted by molar-refractivity contribution is 0.0994. The first-order chi connectivity index (χ1) is 7.50. The summed E-state index contributed by atoms with van der Waals surface area (Å²) in [6.07, 6.45) is 2.44. The summed E-state index contributed by atoms with van der Waals surface area (Å²) < 4.78 is 13.0. The van der Waals surface area contributed by atoms with Crippen molar-refractivity contribution >= 4 is 5.91 Å². The summed E-state index contributed by atoms with van der Waals surface area (Å²) in [5.74, 6) is -1.05. The molecule has 2 N–H and O–H groups in total. The van der Waals surface area contributed by atoms with Gasteiger partial charge in [-0.2, -0.15) is 0 Å². The van der Waals surface area contributed by atoms with Gasteiger partial charge in [0.25, 0.3) is 5.91 Å². The molecule has 1 amide bonds. The number of hydrogen-bond donors (Lipinski definition) is 1. The Kier molecular flexibility index (Phi) is 4.37. The van der Waals surface area contributed by atoms with E-state index in [-0.39, 0.29) is 5.69 Å². The molecule has 0 radical (unpaired) electrons. The average Bonchev–Trinajstić information content (AvgIpc) is 2.16. The van der Waals surface area contributed by atoms with Crippen LogP contribution < -0.4 is 5.73 Å². The Morgan fingerprint density at radius 1 is 1.56 bits per heavy atom. The largest absolute Gasteiger partial charge is 0.364 e. The van der Waals surface area contributed by atoms with Crippen molar-refractivity contribution in [3.05, 3.63) is 29.3 Å². The molecule has 0 saturated heterocycles. The molecule has 0 aliphatic carbocycles. The number of nitrogens with two attached hydrogens (primary N) is 1. The summed E-state index contributed by atoms with van der Waals surface area (Å²) >= 11 is 0. The van der Waals surface area contributed by atoms with Crippen LogP contribution in [0.3, 0.4) is 0 Å². The molecule has 0 aliphatic heterocycles. The van der Waals surface area contributed by atoms with E-state index in [0.717, 1.165) is 19.2 Å². The zero-order valence-corrected chi connectivity index (χ0v) is 9.53. The minimum Gasteiger partial charge on any atom is -0.364 e. The zero-order chi connectivity index (χ0) is 12.1. The molecule has 1 rings (SSSR count). The molecule has 0 unspecified atom stereocenters. The van der Waals surface area contributed by atoms with Crippen LogP contribution in [0.2, 0.25) is 0 Å². The molecule has 0 bridgehead atoms. The predicted octanol–water partition coefficient (Wildman–Crippen LogP) is 0.814. The summed E-state index contributed by atoms with van der Waals surface area (Å²) in [4.78, 5) is 16.8. The van der Waals surface area contributed by atoms with Gasteiger partial charge in [-0.3, -0.25) is 4.79 Å². The number of hydrogen-bond acceptors (Lipinski definition) is 3. The summed E-state index contributed by atoms with van der Waals surface area (Å²) in [5.41, 5.74) is 5.91. The molecule has 0 spiro atoms. The van der Waals surface area contributed by atoms with Crippen LogP contribution in [0, 0.1) is 5.82 Å². The highest BCUT2D eigenvalue weighted by Crippen LogP contribution is 2.10. The smallest absolute Gasteiger partial charge is 0.267 e. The highest BCUT2D eigenvalue weighted by Gasteiger charge is 2.10. The Hall–Kier alpha value is -1.49. The summed E-state index contributed by atoms with van der Waals surface area (Å²) in [7, 11) is 3.91. The van der Waals surface area contributed by atoms with Crippen molar-refractivity contribution in [1.82, 2.24) is 9.88 Å². The Morgan fingerprint density at radius 3 is 2.81 bits per heavy atom. The van der Waals surface area contributed by atoms with E-state index in [1.54, 1.807) is 0 Å². The number of primary amides is 1. The van der Waals surface area contributed by atoms with Crippen LogP contribution in [0.25, 0.3) is 0 Å². The van der Waals surface area contributed by atoms with Crippen molar-refractivity contribution < 1.29 is 9.18 Å². The van der Waals surface area contributed by atoms with E-state index in [4.69, 9.17) is 5.73 Å². The normalized spacial score (nSPS) is 10.8. The Bertz CT molecular complexity index is 379. The Labute approximate surface area is 94.3 Å². The van der Waals surface area contributed by atoms with Gasteiger partial charge in [0.05, 0.1) is 6.20 Å². The molecule has 0 aliphatic rings. The van der Waals surface area contributed by atoms with Crippen molar-refractivity contribution in [3.8, 4) is 0 Å². The Balaban J connectivity index is 2.76. The van der Waals surface area contributed by atoms with Gasteiger partial charge >= 0.3 is 0 Å². The van der Waals surface area contributed by atoms with Crippen LogP contribution in [0.1, 0.15) is 22.5 Å². The van der Waals surface area contributed by atoms with Crippen molar-refractivity contribution in [2.45, 2.75) is 12.8 Å². The van der Waals surface area contributed by atoms with Crippen molar-refractivity contribution in [1.29, 1.82) is 0 Å². The van der Waals surface area contributed by atoms with Gasteiger partial charge in [-0.15, -0.1) is 0 Å². The molecule has 4 nitrogen and oxygen atoms in total. The number of halogens is 1. The Morgan fingerprint density at radius 2 is 2.25 bits per heavy atom. The molecule has 0 atom stereocenters.